The molecule has 0 aromatic carbocycles. The third-order valence-electron chi connectivity index (χ3n) is 14.7. The number of aliphatic carboxylic acids is 1. The van der Waals surface area contributed by atoms with Crippen LogP contribution in [-0.2, 0) is 33.3 Å². The van der Waals surface area contributed by atoms with E-state index in [-0.39, 0.29) is 38.6 Å². The minimum atomic E-state index is -1.64. The fourth-order valence-electron chi connectivity index (χ4n) is 9.17. The van der Waals surface area contributed by atoms with E-state index in [1.165, 1.54) is 32.1 Å². The summed E-state index contributed by atoms with van der Waals surface area (Å²) in [5, 5.41) is 11.8. The number of carbonyl (C=O) groups excluding carboxylic acids is 3. The van der Waals surface area contributed by atoms with Crippen molar-refractivity contribution in [1.82, 2.24) is 0 Å². The average Bonchev–Trinajstić information content (AvgIpc) is 3.54. The van der Waals surface area contributed by atoms with Crippen LogP contribution >= 0.6 is 0 Å². The van der Waals surface area contributed by atoms with Gasteiger partial charge in [0, 0.05) is 12.8 Å². The van der Waals surface area contributed by atoms with Crippen LogP contribution in [0.25, 0.3) is 0 Å². The molecule has 9 heteroatoms. The number of nitrogens with zero attached hydrogens (tertiary/aromatic N) is 1. The maximum atomic E-state index is 13.0. The first-order valence-electron chi connectivity index (χ1n) is 36.9. The Kier molecular flexibility index (Phi) is 68.5. The van der Waals surface area contributed by atoms with Crippen LogP contribution in [0.1, 0.15) is 245 Å². The number of esters is 2. The smallest absolute Gasteiger partial charge is 0.306 e. The average molecular weight is 1310 g/mol. The molecule has 0 aromatic heterocycles. The Morgan fingerprint density at radius 3 is 0.842 bits per heavy atom. The summed E-state index contributed by atoms with van der Waals surface area (Å²) in [7, 11) is 5.91. The van der Waals surface area contributed by atoms with Crippen LogP contribution < -0.4 is 5.11 Å². The lowest BCUT2D eigenvalue weighted by Gasteiger charge is -2.26. The standard InChI is InChI=1S/C86H133NO8/c1-6-8-10-12-14-16-18-20-22-24-26-28-30-32-34-36-37-38-39-40-41-42-43-44-45-46-47-49-51-53-55-57-59-61-63-65-67-69-71-73-75-77-84(89)95-82(81-94-86(85(90)91)92-79-78-87(3,4)5)80-93-83(88)76-74-72-70-68-66-64-62-60-58-56-54-52-50-48-35-33-31-29-27-25-23-21-19-17-15-13-11-9-7-2/h8-11,14-17,20-23,26-29,32-35,37-38,40-41,43-44,46-47,50-53,56-59,82,86H,6-7,12-13,18-19,24-25,30-31,36,39,42,45,48-49,54-55,60-81H2,1-5H3/b10-8-,11-9-,16-14-,17-15-,22-20-,23-21-,28-26-,29-27-,34-32-,35-33-,38-37-,41-40-,44-43-,47-46-,52-50-,53-51-,58-56-,59-57-. The van der Waals surface area contributed by atoms with Gasteiger partial charge in [0.25, 0.3) is 0 Å². The Balaban J connectivity index is 4.24. The van der Waals surface area contributed by atoms with Gasteiger partial charge in [-0.15, -0.1) is 0 Å². The predicted molar refractivity (Wildman–Crippen MR) is 407 cm³/mol. The number of ether oxygens (including phenoxy) is 4. The van der Waals surface area contributed by atoms with Crippen LogP contribution in [0, 0.1) is 0 Å². The zero-order chi connectivity index (χ0) is 69.0. The third-order valence-corrected chi connectivity index (χ3v) is 14.7. The van der Waals surface area contributed by atoms with Crippen LogP contribution in [-0.4, -0.2) is 82.3 Å². The van der Waals surface area contributed by atoms with Crippen molar-refractivity contribution >= 4 is 17.9 Å². The van der Waals surface area contributed by atoms with Crippen molar-refractivity contribution in [3.63, 3.8) is 0 Å². The van der Waals surface area contributed by atoms with Gasteiger partial charge in [-0.25, -0.2) is 0 Å². The number of hydrogen-bond acceptors (Lipinski definition) is 8. The molecule has 0 heterocycles. The highest BCUT2D eigenvalue weighted by atomic mass is 16.7. The summed E-state index contributed by atoms with van der Waals surface area (Å²) in [6, 6.07) is 0. The molecule has 530 valence electrons. The van der Waals surface area contributed by atoms with Crippen molar-refractivity contribution in [3.8, 4) is 0 Å². The van der Waals surface area contributed by atoms with E-state index < -0.39 is 24.3 Å². The number of carboxylic acid groups (broad SMARTS) is 1. The summed E-state index contributed by atoms with van der Waals surface area (Å²) in [5.74, 6) is -2.34. The van der Waals surface area contributed by atoms with Gasteiger partial charge in [-0.3, -0.25) is 9.59 Å². The number of likely N-dealkylation sites (N-methyl/N-ethyl adjacent to an activating group) is 1. The van der Waals surface area contributed by atoms with E-state index >= 15 is 0 Å². The van der Waals surface area contributed by atoms with E-state index in [1.54, 1.807) is 0 Å². The molecule has 2 atom stereocenters. The van der Waals surface area contributed by atoms with E-state index in [2.05, 4.69) is 233 Å². The lowest BCUT2D eigenvalue weighted by Crippen LogP contribution is -2.44. The van der Waals surface area contributed by atoms with Gasteiger partial charge < -0.3 is 33.3 Å². The summed E-state index contributed by atoms with van der Waals surface area (Å²) in [6.07, 6.45) is 113. The van der Waals surface area contributed by atoms with Gasteiger partial charge in [-0.05, 0) is 154 Å². The highest BCUT2D eigenvalue weighted by molar-refractivity contribution is 5.70. The Labute approximate surface area is 581 Å². The fourth-order valence-corrected chi connectivity index (χ4v) is 9.17. The van der Waals surface area contributed by atoms with E-state index in [4.69, 9.17) is 18.9 Å². The molecule has 0 saturated carbocycles. The number of unbranched alkanes of at least 4 members (excludes halogenated alkanes) is 14. The quantitative estimate of drug-likeness (QED) is 0.0195. The summed E-state index contributed by atoms with van der Waals surface area (Å²) in [4.78, 5) is 37.5. The second-order valence-electron chi connectivity index (χ2n) is 24.8. The van der Waals surface area contributed by atoms with Gasteiger partial charge in [0.2, 0.25) is 0 Å². The molecule has 95 heavy (non-hydrogen) atoms. The molecule has 0 aliphatic rings. The number of rotatable bonds is 65. The van der Waals surface area contributed by atoms with Gasteiger partial charge in [-0.2, -0.15) is 0 Å². The Morgan fingerprint density at radius 2 is 0.568 bits per heavy atom. The van der Waals surface area contributed by atoms with Crippen molar-refractivity contribution < 1.29 is 42.9 Å². The molecule has 0 aliphatic heterocycles. The topological polar surface area (TPSA) is 111 Å². The lowest BCUT2D eigenvalue weighted by molar-refractivity contribution is -0.870. The van der Waals surface area contributed by atoms with Gasteiger partial charge >= 0.3 is 11.9 Å². The lowest BCUT2D eigenvalue weighted by atomic mass is 10.1. The van der Waals surface area contributed by atoms with Crippen LogP contribution in [0.4, 0.5) is 0 Å². The monoisotopic (exact) mass is 1310 g/mol. The van der Waals surface area contributed by atoms with Crippen molar-refractivity contribution in [2.75, 3.05) is 47.5 Å². The molecular weight excluding hydrogens is 1170 g/mol. The second kappa shape index (κ2) is 73.4. The van der Waals surface area contributed by atoms with Crippen molar-refractivity contribution in [3.05, 3.63) is 219 Å². The molecule has 2 unspecified atom stereocenters. The van der Waals surface area contributed by atoms with E-state index in [9.17, 15) is 19.5 Å². The van der Waals surface area contributed by atoms with Crippen LogP contribution in [0.2, 0.25) is 0 Å². The zero-order valence-electron chi connectivity index (χ0n) is 60.4. The molecule has 0 aliphatic carbocycles. The van der Waals surface area contributed by atoms with Gasteiger partial charge in [0.15, 0.2) is 12.4 Å². The maximum Gasteiger partial charge on any atom is 0.306 e. The number of quaternary nitrogens is 1. The summed E-state index contributed by atoms with van der Waals surface area (Å²) < 4.78 is 22.8. The number of allylic oxidation sites excluding steroid dienone is 36. The van der Waals surface area contributed by atoms with E-state index in [1.807, 2.05) is 21.1 Å². The fraction of sp³-hybridized carbons (Fsp3) is 0.547. The second-order valence-corrected chi connectivity index (χ2v) is 24.8. The van der Waals surface area contributed by atoms with Crippen LogP contribution in [0.3, 0.4) is 0 Å². The summed E-state index contributed by atoms with van der Waals surface area (Å²) >= 11 is 0. The van der Waals surface area contributed by atoms with Crippen molar-refractivity contribution in [2.45, 2.75) is 257 Å². The Morgan fingerprint density at radius 1 is 0.316 bits per heavy atom. The highest BCUT2D eigenvalue weighted by Crippen LogP contribution is 2.14. The van der Waals surface area contributed by atoms with Crippen molar-refractivity contribution in [1.29, 1.82) is 0 Å². The van der Waals surface area contributed by atoms with Gasteiger partial charge in [0.1, 0.15) is 13.2 Å². The number of hydrogen-bond donors (Lipinski definition) is 0. The largest absolute Gasteiger partial charge is 0.545 e. The van der Waals surface area contributed by atoms with Crippen LogP contribution in [0.5, 0.6) is 0 Å². The minimum Gasteiger partial charge on any atom is -0.545 e. The summed E-state index contributed by atoms with van der Waals surface area (Å²) in [5.41, 5.74) is 0. The minimum absolute atomic E-state index is 0.131. The third kappa shape index (κ3) is 74.9. The molecule has 0 amide bonds. The molecule has 0 N–H and O–H groups in total. The number of carbonyl (C=O) groups is 3. The molecule has 0 rings (SSSR count). The molecule has 0 fully saturated rings. The van der Waals surface area contributed by atoms with E-state index in [0.717, 1.165) is 173 Å². The van der Waals surface area contributed by atoms with Crippen LogP contribution in [0.15, 0.2) is 219 Å². The molecule has 0 spiro atoms. The molecule has 0 saturated heterocycles. The molecule has 0 bridgehead atoms. The SMILES string of the molecule is CC/C=C\C/C=C\C/C=C\C/C=C\C/C=C\C/C=C\C/C=C\C/C=C\C/C=C\C/C=C\C/C=C\CCCCCCCCCC(=O)OC(COC(=O)CCCCCCCCC/C=C\C/C=C\C/C=C\C/C=C\C/C=C\C/C=C\C/C=C\CC)COC(OCC[N+](C)(C)C)C(=O)[O-]. The first-order valence-corrected chi connectivity index (χ1v) is 36.9. The Hall–Kier alpha value is -6.39. The first-order chi connectivity index (χ1) is 46.6. The van der Waals surface area contributed by atoms with E-state index in [0.29, 0.717) is 23.9 Å². The predicted octanol–water partition coefficient (Wildman–Crippen LogP) is 22.4. The molecule has 0 aromatic rings. The maximum absolute atomic E-state index is 13.0. The normalized spacial score (nSPS) is 14.0. The number of carboxylic acids is 1. The molecule has 9 nitrogen and oxygen atoms in total. The molecular formula is C86H133NO8. The zero-order valence-corrected chi connectivity index (χ0v) is 60.4. The van der Waals surface area contributed by atoms with Crippen molar-refractivity contribution in [2.24, 2.45) is 0 Å². The van der Waals surface area contributed by atoms with Gasteiger partial charge in [0.05, 0.1) is 40.3 Å². The van der Waals surface area contributed by atoms with Gasteiger partial charge in [-0.1, -0.05) is 297 Å². The Bertz CT molecular complexity index is 2370. The first kappa shape index (κ1) is 88.6. The molecule has 0 radical (unpaired) electrons. The summed E-state index contributed by atoms with van der Waals surface area (Å²) in [6.45, 7) is 4.46. The highest BCUT2D eigenvalue weighted by Gasteiger charge is 2.22.